The van der Waals surface area contributed by atoms with Crippen molar-refractivity contribution in [3.8, 4) is 0 Å². The molecule has 1 N–H and O–H groups in total. The molecule has 1 atom stereocenters. The zero-order chi connectivity index (χ0) is 15.3. The Morgan fingerprint density at radius 1 is 1.25 bits per heavy atom. The Morgan fingerprint density at radius 2 is 1.85 bits per heavy atom. The number of nitrogens with zero attached hydrogens (tertiary/aromatic N) is 1. The molecule has 114 valence electrons. The number of hydrogen-bond donors (Lipinski definition) is 1. The Morgan fingerprint density at radius 3 is 2.40 bits per heavy atom. The Balaban J connectivity index is 2.41. The monoisotopic (exact) mass is 277 g/mol. The summed E-state index contributed by atoms with van der Waals surface area (Å²) in [5.74, 6) is 0. The summed E-state index contributed by atoms with van der Waals surface area (Å²) in [6.45, 7) is 16.0. The minimum atomic E-state index is -0.305. The number of aromatic nitrogens is 1. The molecule has 20 heavy (non-hydrogen) atoms. The highest BCUT2D eigenvalue weighted by Crippen LogP contribution is 2.43. The average Bonchev–Trinajstić information content (AvgIpc) is 2.55. The van der Waals surface area contributed by atoms with Crippen LogP contribution in [0, 0.1) is 10.8 Å². The lowest BCUT2D eigenvalue weighted by Gasteiger charge is -2.39. The van der Waals surface area contributed by atoms with Crippen LogP contribution in [0.2, 0.25) is 0 Å². The third-order valence-corrected chi connectivity index (χ3v) is 4.39. The molecule has 0 fully saturated rings. The van der Waals surface area contributed by atoms with Crippen LogP contribution in [0.4, 0.5) is 0 Å². The third-order valence-electron chi connectivity index (χ3n) is 4.39. The van der Waals surface area contributed by atoms with E-state index in [1.165, 1.54) is 5.69 Å². The fourth-order valence-corrected chi connectivity index (χ4v) is 4.08. The number of aliphatic hydroxyl groups excluding tert-OH is 1. The zero-order valence-corrected chi connectivity index (χ0v) is 14.2. The van der Waals surface area contributed by atoms with Crippen LogP contribution in [-0.2, 0) is 12.0 Å². The summed E-state index contributed by atoms with van der Waals surface area (Å²) < 4.78 is 2.41. The first-order chi connectivity index (χ1) is 8.91. The van der Waals surface area contributed by atoms with Crippen LogP contribution in [-0.4, -0.2) is 9.67 Å². The van der Waals surface area contributed by atoms with Gasteiger partial charge in [0.05, 0.1) is 6.10 Å². The van der Waals surface area contributed by atoms with Gasteiger partial charge >= 0.3 is 0 Å². The Hall–Kier alpha value is -0.760. The summed E-state index contributed by atoms with van der Waals surface area (Å²) in [7, 11) is 0. The molecule has 0 bridgehead atoms. The second-order valence-corrected chi connectivity index (χ2v) is 9.20. The van der Waals surface area contributed by atoms with E-state index in [0.717, 1.165) is 24.8 Å². The van der Waals surface area contributed by atoms with Gasteiger partial charge in [0.2, 0.25) is 0 Å². The maximum absolute atomic E-state index is 10.4. The molecule has 1 aromatic heterocycles. The summed E-state index contributed by atoms with van der Waals surface area (Å²) in [5.41, 5.74) is 3.04. The molecule has 1 heterocycles. The molecule has 0 aromatic carbocycles. The number of fused-ring (bicyclic) bond motifs is 1. The van der Waals surface area contributed by atoms with Crippen LogP contribution in [0.1, 0.15) is 78.7 Å². The van der Waals surface area contributed by atoms with Crippen LogP contribution in [0.5, 0.6) is 0 Å². The van der Waals surface area contributed by atoms with E-state index in [1.807, 2.05) is 0 Å². The van der Waals surface area contributed by atoms with Gasteiger partial charge in [-0.2, -0.15) is 0 Å². The van der Waals surface area contributed by atoms with E-state index < -0.39 is 0 Å². The predicted molar refractivity (Wildman–Crippen MR) is 84.9 cm³/mol. The molecule has 1 unspecified atom stereocenters. The van der Waals surface area contributed by atoms with Crippen molar-refractivity contribution in [2.75, 3.05) is 0 Å². The quantitative estimate of drug-likeness (QED) is 0.835. The lowest BCUT2D eigenvalue weighted by molar-refractivity contribution is 0.0949. The van der Waals surface area contributed by atoms with E-state index >= 15 is 0 Å². The maximum Gasteiger partial charge on any atom is 0.0812 e. The summed E-state index contributed by atoms with van der Waals surface area (Å²) in [6.07, 6.45) is 4.92. The highest BCUT2D eigenvalue weighted by molar-refractivity contribution is 5.30. The second kappa shape index (κ2) is 4.62. The fraction of sp³-hybridized carbons (Fsp3) is 0.778. The molecule has 2 rings (SSSR count). The molecule has 0 saturated heterocycles. The van der Waals surface area contributed by atoms with E-state index in [9.17, 15) is 5.11 Å². The minimum absolute atomic E-state index is 0.0823. The Labute approximate surface area is 124 Å². The van der Waals surface area contributed by atoms with Crippen LogP contribution >= 0.6 is 0 Å². The lowest BCUT2D eigenvalue weighted by atomic mass is 9.75. The highest BCUT2D eigenvalue weighted by atomic mass is 16.3. The first-order valence-corrected chi connectivity index (χ1v) is 7.80. The molecule has 0 amide bonds. The minimum Gasteiger partial charge on any atom is -0.388 e. The van der Waals surface area contributed by atoms with Gasteiger partial charge in [-0.3, -0.25) is 0 Å². The largest absolute Gasteiger partial charge is 0.388 e. The SMILES string of the molecule is CC(C)(C)CC(C)(C)n1ccc2c1CC(C)(C)CC2O. The molecule has 1 aliphatic rings. The van der Waals surface area contributed by atoms with Crippen molar-refractivity contribution < 1.29 is 5.11 Å². The van der Waals surface area contributed by atoms with E-state index in [0.29, 0.717) is 5.41 Å². The molecule has 0 saturated carbocycles. The number of aliphatic hydroxyl groups is 1. The van der Waals surface area contributed by atoms with Gasteiger partial charge in [-0.1, -0.05) is 34.6 Å². The summed E-state index contributed by atoms with van der Waals surface area (Å²) in [5, 5.41) is 10.4. The van der Waals surface area contributed by atoms with Crippen molar-refractivity contribution in [1.82, 2.24) is 4.57 Å². The van der Waals surface area contributed by atoms with Crippen molar-refractivity contribution >= 4 is 0 Å². The molecular weight excluding hydrogens is 246 g/mol. The third kappa shape index (κ3) is 3.11. The van der Waals surface area contributed by atoms with Crippen molar-refractivity contribution in [2.45, 2.75) is 79.4 Å². The van der Waals surface area contributed by atoms with E-state index in [4.69, 9.17) is 0 Å². The summed E-state index contributed by atoms with van der Waals surface area (Å²) in [4.78, 5) is 0. The maximum atomic E-state index is 10.4. The first-order valence-electron chi connectivity index (χ1n) is 7.80. The van der Waals surface area contributed by atoms with Crippen LogP contribution in [0.15, 0.2) is 12.3 Å². The molecule has 0 radical (unpaired) electrons. The molecule has 0 aliphatic heterocycles. The van der Waals surface area contributed by atoms with Crippen molar-refractivity contribution in [3.05, 3.63) is 23.5 Å². The van der Waals surface area contributed by atoms with Gasteiger partial charge in [-0.15, -0.1) is 0 Å². The van der Waals surface area contributed by atoms with Gasteiger partial charge in [0.25, 0.3) is 0 Å². The van der Waals surface area contributed by atoms with E-state index in [-0.39, 0.29) is 17.1 Å². The molecule has 1 aromatic rings. The summed E-state index contributed by atoms with van der Waals surface area (Å²) >= 11 is 0. The molecular formula is C18H31NO. The summed E-state index contributed by atoms with van der Waals surface area (Å²) in [6, 6.07) is 2.12. The highest BCUT2D eigenvalue weighted by Gasteiger charge is 2.36. The molecule has 1 aliphatic carbocycles. The first kappa shape index (κ1) is 15.6. The van der Waals surface area contributed by atoms with Gasteiger partial charge in [0.15, 0.2) is 0 Å². The van der Waals surface area contributed by atoms with Crippen molar-refractivity contribution in [3.63, 3.8) is 0 Å². The van der Waals surface area contributed by atoms with E-state index in [1.54, 1.807) is 0 Å². The standard InChI is InChI=1S/C18H31NO/c1-16(2,3)12-18(6,7)19-9-8-13-14(19)10-17(4,5)11-15(13)20/h8-9,15,20H,10-12H2,1-7H3. The number of hydrogen-bond acceptors (Lipinski definition) is 1. The molecule has 2 heteroatoms. The van der Waals surface area contributed by atoms with E-state index in [2.05, 4.69) is 65.3 Å². The van der Waals surface area contributed by atoms with Gasteiger partial charge in [0, 0.05) is 23.0 Å². The van der Waals surface area contributed by atoms with Crippen molar-refractivity contribution in [1.29, 1.82) is 0 Å². The van der Waals surface area contributed by atoms with Gasteiger partial charge in [0.1, 0.15) is 0 Å². The van der Waals surface area contributed by atoms with Crippen LogP contribution in [0.3, 0.4) is 0 Å². The van der Waals surface area contributed by atoms with Crippen molar-refractivity contribution in [2.24, 2.45) is 10.8 Å². The van der Waals surface area contributed by atoms with Gasteiger partial charge in [-0.25, -0.2) is 0 Å². The van der Waals surface area contributed by atoms with Gasteiger partial charge < -0.3 is 9.67 Å². The molecule has 2 nitrogen and oxygen atoms in total. The zero-order valence-electron chi connectivity index (χ0n) is 14.2. The van der Waals surface area contributed by atoms with Gasteiger partial charge in [-0.05, 0) is 50.0 Å². The Kier molecular flexibility index (Phi) is 3.61. The average molecular weight is 277 g/mol. The lowest BCUT2D eigenvalue weighted by Crippen LogP contribution is -2.35. The predicted octanol–water partition coefficient (Wildman–Crippen LogP) is 4.67. The smallest absolute Gasteiger partial charge is 0.0812 e. The van der Waals surface area contributed by atoms with Crippen LogP contribution in [0.25, 0.3) is 0 Å². The van der Waals surface area contributed by atoms with Crippen LogP contribution < -0.4 is 0 Å². The Bertz CT molecular complexity index is 488. The molecule has 0 spiro atoms. The fourth-order valence-electron chi connectivity index (χ4n) is 4.08. The normalized spacial score (nSPS) is 22.7. The number of rotatable bonds is 2. The second-order valence-electron chi connectivity index (χ2n) is 9.20. The topological polar surface area (TPSA) is 25.2 Å².